The molecule has 18 heavy (non-hydrogen) atoms. The summed E-state index contributed by atoms with van der Waals surface area (Å²) in [5.74, 6) is -0.0780. The van der Waals surface area contributed by atoms with Gasteiger partial charge in [0.2, 0.25) is 0 Å². The van der Waals surface area contributed by atoms with E-state index in [0.29, 0.717) is 17.1 Å². The van der Waals surface area contributed by atoms with Crippen LogP contribution in [0.3, 0.4) is 0 Å². The van der Waals surface area contributed by atoms with Gasteiger partial charge in [-0.05, 0) is 42.7 Å². The molecule has 0 aliphatic carbocycles. The summed E-state index contributed by atoms with van der Waals surface area (Å²) in [5, 5.41) is 3.52. The summed E-state index contributed by atoms with van der Waals surface area (Å²) in [5.41, 5.74) is 0.626. The number of carbonyl (C=O) groups is 1. The normalized spacial score (nSPS) is 10.3. The largest absolute Gasteiger partial charge is 0.347 e. The van der Waals surface area contributed by atoms with Crippen LogP contribution in [-0.2, 0) is 6.54 Å². The van der Waals surface area contributed by atoms with Crippen LogP contribution in [-0.4, -0.2) is 12.2 Å². The molecule has 1 N–H and O–H groups in total. The third kappa shape index (κ3) is 3.51. The van der Waals surface area contributed by atoms with E-state index < -0.39 is 0 Å². The molecule has 0 aliphatic rings. The van der Waals surface area contributed by atoms with Crippen molar-refractivity contribution in [3.63, 3.8) is 0 Å². The van der Waals surface area contributed by atoms with Gasteiger partial charge in [0.15, 0.2) is 0 Å². The van der Waals surface area contributed by atoms with Crippen LogP contribution in [0.2, 0.25) is 5.02 Å². The van der Waals surface area contributed by atoms with Gasteiger partial charge >= 0.3 is 0 Å². The zero-order valence-electron chi connectivity index (χ0n) is 9.77. The lowest BCUT2D eigenvalue weighted by Gasteiger charge is -2.03. The zero-order valence-corrected chi connectivity index (χ0v) is 12.2. The number of amides is 1. The number of benzene rings is 1. The second-order valence-corrected chi connectivity index (χ2v) is 6.33. The minimum absolute atomic E-state index is 0.0780. The number of halogens is 1. The molecule has 1 aromatic heterocycles. The fourth-order valence-corrected chi connectivity index (χ4v) is 3.09. The van der Waals surface area contributed by atoms with E-state index in [0.717, 1.165) is 4.88 Å². The van der Waals surface area contributed by atoms with E-state index in [2.05, 4.69) is 11.4 Å². The Hall–Kier alpha value is -0.970. The molecule has 0 fully saturated rings. The summed E-state index contributed by atoms with van der Waals surface area (Å²) in [6.45, 7) is 0.562. The number of thiophene rings is 1. The maximum absolute atomic E-state index is 11.9. The molecule has 5 heteroatoms. The monoisotopic (exact) mass is 297 g/mol. The molecular weight excluding hydrogens is 286 g/mol. The molecule has 1 amide bonds. The second-order valence-electron chi connectivity index (χ2n) is 3.61. The summed E-state index contributed by atoms with van der Waals surface area (Å²) in [6.07, 6.45) is 2.04. The van der Waals surface area contributed by atoms with Gasteiger partial charge in [0, 0.05) is 15.5 Å². The van der Waals surface area contributed by atoms with Crippen molar-refractivity contribution in [1.82, 2.24) is 5.32 Å². The number of thioether (sulfide) groups is 1. The highest BCUT2D eigenvalue weighted by atomic mass is 35.5. The average molecular weight is 298 g/mol. The molecule has 0 spiro atoms. The first-order chi connectivity index (χ1) is 8.69. The van der Waals surface area contributed by atoms with E-state index in [4.69, 9.17) is 11.6 Å². The predicted molar refractivity (Wildman–Crippen MR) is 78.7 cm³/mol. The van der Waals surface area contributed by atoms with Crippen molar-refractivity contribution in [3.05, 3.63) is 51.9 Å². The van der Waals surface area contributed by atoms with Crippen molar-refractivity contribution in [2.24, 2.45) is 0 Å². The number of rotatable bonds is 4. The van der Waals surface area contributed by atoms with E-state index in [1.807, 2.05) is 12.3 Å². The molecule has 2 aromatic rings. The SMILES string of the molecule is CSc1ccc(CNC(=O)c2ccc(Cl)cc2)s1. The number of carbonyl (C=O) groups excluding carboxylic acids is 1. The van der Waals surface area contributed by atoms with Crippen LogP contribution in [0.25, 0.3) is 0 Å². The van der Waals surface area contributed by atoms with Crippen LogP contribution < -0.4 is 5.32 Å². The average Bonchev–Trinajstić information content (AvgIpc) is 2.85. The molecular formula is C13H12ClNOS2. The Kier molecular flexibility index (Phi) is 4.69. The predicted octanol–water partition coefficient (Wildman–Crippen LogP) is 4.05. The number of nitrogens with one attached hydrogen (secondary N) is 1. The Morgan fingerprint density at radius 1 is 1.28 bits per heavy atom. The van der Waals surface area contributed by atoms with Gasteiger partial charge in [0.25, 0.3) is 5.91 Å². The Bertz CT molecular complexity index is 536. The Labute approximate surface area is 119 Å². The molecule has 1 aromatic carbocycles. The lowest BCUT2D eigenvalue weighted by atomic mass is 10.2. The fourth-order valence-electron chi connectivity index (χ4n) is 1.43. The first-order valence-corrected chi connectivity index (χ1v) is 7.77. The van der Waals surface area contributed by atoms with Crippen molar-refractivity contribution < 1.29 is 4.79 Å². The van der Waals surface area contributed by atoms with Gasteiger partial charge < -0.3 is 5.32 Å². The summed E-state index contributed by atoms with van der Waals surface area (Å²) in [7, 11) is 0. The van der Waals surface area contributed by atoms with Crippen LogP contribution in [0.15, 0.2) is 40.6 Å². The highest BCUT2D eigenvalue weighted by Crippen LogP contribution is 2.24. The van der Waals surface area contributed by atoms with E-state index in [1.54, 1.807) is 47.4 Å². The van der Waals surface area contributed by atoms with Crippen molar-refractivity contribution in [3.8, 4) is 0 Å². The van der Waals surface area contributed by atoms with Crippen molar-refractivity contribution >= 4 is 40.6 Å². The van der Waals surface area contributed by atoms with Gasteiger partial charge in [-0.2, -0.15) is 0 Å². The Morgan fingerprint density at radius 2 is 2.00 bits per heavy atom. The topological polar surface area (TPSA) is 29.1 Å². The van der Waals surface area contributed by atoms with E-state index in [-0.39, 0.29) is 5.91 Å². The minimum atomic E-state index is -0.0780. The van der Waals surface area contributed by atoms with Gasteiger partial charge in [0.05, 0.1) is 10.8 Å². The van der Waals surface area contributed by atoms with Crippen LogP contribution in [0.5, 0.6) is 0 Å². The molecule has 0 radical (unpaired) electrons. The summed E-state index contributed by atoms with van der Waals surface area (Å²) >= 11 is 9.19. The van der Waals surface area contributed by atoms with E-state index >= 15 is 0 Å². The van der Waals surface area contributed by atoms with Crippen molar-refractivity contribution in [2.75, 3.05) is 6.26 Å². The van der Waals surface area contributed by atoms with E-state index in [1.165, 1.54) is 4.21 Å². The molecule has 0 saturated carbocycles. The van der Waals surface area contributed by atoms with Crippen LogP contribution in [0, 0.1) is 0 Å². The first kappa shape index (κ1) is 13.5. The van der Waals surface area contributed by atoms with E-state index in [9.17, 15) is 4.79 Å². The molecule has 0 unspecified atom stereocenters. The molecule has 0 atom stereocenters. The zero-order chi connectivity index (χ0) is 13.0. The number of hydrogen-bond acceptors (Lipinski definition) is 3. The molecule has 0 aliphatic heterocycles. The summed E-state index contributed by atoms with van der Waals surface area (Å²) in [4.78, 5) is 13.0. The second kappa shape index (κ2) is 6.27. The smallest absolute Gasteiger partial charge is 0.251 e. The third-order valence-electron chi connectivity index (χ3n) is 2.37. The van der Waals surface area contributed by atoms with Crippen LogP contribution in [0.1, 0.15) is 15.2 Å². The highest BCUT2D eigenvalue weighted by molar-refractivity contribution is 8.00. The van der Waals surface area contributed by atoms with Gasteiger partial charge in [-0.1, -0.05) is 11.6 Å². The van der Waals surface area contributed by atoms with Gasteiger partial charge in [-0.15, -0.1) is 23.1 Å². The third-order valence-corrected chi connectivity index (χ3v) is 4.79. The fraction of sp³-hybridized carbons (Fsp3) is 0.154. The molecule has 0 bridgehead atoms. The first-order valence-electron chi connectivity index (χ1n) is 5.35. The highest BCUT2D eigenvalue weighted by Gasteiger charge is 2.06. The standard InChI is InChI=1S/C13H12ClNOS2/c1-17-12-7-6-11(18-12)8-15-13(16)9-2-4-10(14)5-3-9/h2-7H,8H2,1H3,(H,15,16). The van der Waals surface area contributed by atoms with Gasteiger partial charge in [-0.3, -0.25) is 4.79 Å². The summed E-state index contributed by atoms with van der Waals surface area (Å²) < 4.78 is 1.26. The summed E-state index contributed by atoms with van der Waals surface area (Å²) in [6, 6.07) is 11.0. The minimum Gasteiger partial charge on any atom is -0.347 e. The molecule has 2 nitrogen and oxygen atoms in total. The quantitative estimate of drug-likeness (QED) is 0.863. The maximum atomic E-state index is 11.9. The maximum Gasteiger partial charge on any atom is 0.251 e. The molecule has 1 heterocycles. The van der Waals surface area contributed by atoms with Crippen LogP contribution in [0.4, 0.5) is 0 Å². The van der Waals surface area contributed by atoms with Crippen molar-refractivity contribution in [2.45, 2.75) is 10.8 Å². The number of hydrogen-bond donors (Lipinski definition) is 1. The molecule has 2 rings (SSSR count). The Balaban J connectivity index is 1.93. The van der Waals surface area contributed by atoms with Gasteiger partial charge in [0.1, 0.15) is 0 Å². The molecule has 94 valence electrons. The van der Waals surface area contributed by atoms with Crippen LogP contribution >= 0.6 is 34.7 Å². The molecule has 0 saturated heterocycles. The lowest BCUT2D eigenvalue weighted by molar-refractivity contribution is 0.0951. The van der Waals surface area contributed by atoms with Gasteiger partial charge in [-0.25, -0.2) is 0 Å². The lowest BCUT2D eigenvalue weighted by Crippen LogP contribution is -2.22. The van der Waals surface area contributed by atoms with Crippen molar-refractivity contribution in [1.29, 1.82) is 0 Å². The Morgan fingerprint density at radius 3 is 2.61 bits per heavy atom.